The molecular weight excluding hydrogens is 558 g/mol. The molecule has 1 aliphatic rings. The molecule has 0 amide bonds. The SMILES string of the molecule is CCCCCOC(=O)Oc1ccc(C(C(C)C(C)OC(=O)C2CCCCC2)[C@H](N)C(=O)O)cc1OC(=O)OCCCCC. The lowest BCUT2D eigenvalue weighted by molar-refractivity contribution is -0.157. The maximum absolute atomic E-state index is 12.8. The first-order valence-electron chi connectivity index (χ1n) is 15.6. The largest absolute Gasteiger partial charge is 0.513 e. The Bertz CT molecular complexity index is 1040. The molecule has 0 aliphatic heterocycles. The van der Waals surface area contributed by atoms with E-state index in [1.165, 1.54) is 12.1 Å². The Labute approximate surface area is 254 Å². The molecule has 0 spiro atoms. The number of carboxylic acids is 1. The van der Waals surface area contributed by atoms with Crippen LogP contribution in [-0.2, 0) is 23.8 Å². The van der Waals surface area contributed by atoms with E-state index in [0.29, 0.717) is 18.4 Å². The number of ether oxygens (including phenoxy) is 5. The number of hydrogen-bond donors (Lipinski definition) is 2. The molecule has 3 unspecified atom stereocenters. The number of esters is 1. The Morgan fingerprint density at radius 1 is 0.860 bits per heavy atom. The first-order valence-corrected chi connectivity index (χ1v) is 15.6. The molecule has 11 heteroatoms. The van der Waals surface area contributed by atoms with Crippen molar-refractivity contribution in [2.45, 2.75) is 116 Å². The van der Waals surface area contributed by atoms with E-state index in [2.05, 4.69) is 0 Å². The summed E-state index contributed by atoms with van der Waals surface area (Å²) in [5.41, 5.74) is 6.56. The van der Waals surface area contributed by atoms with Crippen molar-refractivity contribution in [1.29, 1.82) is 0 Å². The molecule has 0 heterocycles. The van der Waals surface area contributed by atoms with Crippen LogP contribution < -0.4 is 15.2 Å². The van der Waals surface area contributed by atoms with Gasteiger partial charge in [-0.3, -0.25) is 9.59 Å². The van der Waals surface area contributed by atoms with Gasteiger partial charge in [0.2, 0.25) is 0 Å². The van der Waals surface area contributed by atoms with Crippen LogP contribution in [0.15, 0.2) is 18.2 Å². The van der Waals surface area contributed by atoms with Crippen molar-refractivity contribution in [1.82, 2.24) is 0 Å². The summed E-state index contributed by atoms with van der Waals surface area (Å²) in [6.45, 7) is 7.83. The highest BCUT2D eigenvalue weighted by Gasteiger charge is 2.36. The molecule has 0 aromatic heterocycles. The van der Waals surface area contributed by atoms with Gasteiger partial charge >= 0.3 is 24.2 Å². The van der Waals surface area contributed by atoms with Crippen LogP contribution >= 0.6 is 0 Å². The van der Waals surface area contributed by atoms with Crippen LogP contribution in [0.4, 0.5) is 9.59 Å². The van der Waals surface area contributed by atoms with Crippen molar-refractivity contribution in [3.63, 3.8) is 0 Å². The standard InChI is InChI=1S/C32H49NO10/c1-5-7-12-18-39-31(37)42-25-17-16-24(20-26(25)43-32(38)40-19-13-8-6-2)27(28(33)29(34)35)21(3)22(4)41-30(36)23-14-10-9-11-15-23/h16-17,20-23,27-28H,5-15,18-19,33H2,1-4H3,(H,34,35)/t21?,22?,27?,28-/m0/s1. The van der Waals surface area contributed by atoms with Crippen LogP contribution in [0.3, 0.4) is 0 Å². The number of carboxylic acid groups (broad SMARTS) is 1. The second-order valence-electron chi connectivity index (χ2n) is 11.2. The maximum Gasteiger partial charge on any atom is 0.513 e. The Balaban J connectivity index is 2.32. The number of rotatable bonds is 17. The zero-order valence-electron chi connectivity index (χ0n) is 26.0. The van der Waals surface area contributed by atoms with Gasteiger partial charge in [0.25, 0.3) is 0 Å². The summed E-state index contributed by atoms with van der Waals surface area (Å²) in [6, 6.07) is 2.94. The van der Waals surface area contributed by atoms with Crippen LogP contribution in [0.5, 0.6) is 11.5 Å². The summed E-state index contributed by atoms with van der Waals surface area (Å²) in [6.07, 6.45) is 6.94. The van der Waals surface area contributed by atoms with Crippen molar-refractivity contribution in [3.8, 4) is 11.5 Å². The Kier molecular flexibility index (Phi) is 15.9. The first-order chi connectivity index (χ1) is 20.6. The van der Waals surface area contributed by atoms with E-state index in [1.54, 1.807) is 19.9 Å². The fraction of sp³-hybridized carbons (Fsp3) is 0.688. The fourth-order valence-corrected chi connectivity index (χ4v) is 5.16. The summed E-state index contributed by atoms with van der Waals surface area (Å²) in [7, 11) is 0. The topological polar surface area (TPSA) is 161 Å². The molecule has 2 rings (SSSR count). The van der Waals surface area contributed by atoms with Gasteiger partial charge in [-0.2, -0.15) is 0 Å². The summed E-state index contributed by atoms with van der Waals surface area (Å²) in [4.78, 5) is 49.8. The van der Waals surface area contributed by atoms with Crippen molar-refractivity contribution in [3.05, 3.63) is 23.8 Å². The highest BCUT2D eigenvalue weighted by molar-refractivity contribution is 5.75. The van der Waals surface area contributed by atoms with Crippen LogP contribution in [0.2, 0.25) is 0 Å². The van der Waals surface area contributed by atoms with Crippen LogP contribution in [0.1, 0.15) is 110 Å². The predicted molar refractivity (Wildman–Crippen MR) is 159 cm³/mol. The van der Waals surface area contributed by atoms with E-state index in [0.717, 1.165) is 57.8 Å². The van der Waals surface area contributed by atoms with Crippen LogP contribution in [-0.4, -0.2) is 54.7 Å². The third-order valence-corrected chi connectivity index (χ3v) is 7.89. The van der Waals surface area contributed by atoms with Gasteiger partial charge in [-0.25, -0.2) is 9.59 Å². The highest BCUT2D eigenvalue weighted by atomic mass is 16.7. The lowest BCUT2D eigenvalue weighted by Gasteiger charge is -2.33. The zero-order chi connectivity index (χ0) is 31.8. The molecule has 0 radical (unpaired) electrons. The average molecular weight is 608 g/mol. The number of benzene rings is 1. The lowest BCUT2D eigenvalue weighted by atomic mass is 9.79. The zero-order valence-corrected chi connectivity index (χ0v) is 26.0. The van der Waals surface area contributed by atoms with Gasteiger partial charge in [0.1, 0.15) is 12.1 Å². The number of nitrogens with two attached hydrogens (primary N) is 1. The third kappa shape index (κ3) is 12.1. The molecule has 1 aliphatic carbocycles. The summed E-state index contributed by atoms with van der Waals surface area (Å²) < 4.78 is 26.8. The van der Waals surface area contributed by atoms with E-state index in [4.69, 9.17) is 29.4 Å². The molecule has 11 nitrogen and oxygen atoms in total. The van der Waals surface area contributed by atoms with Crippen LogP contribution in [0.25, 0.3) is 0 Å². The van der Waals surface area contributed by atoms with Crippen molar-refractivity contribution in [2.75, 3.05) is 13.2 Å². The van der Waals surface area contributed by atoms with E-state index >= 15 is 0 Å². The normalized spacial score (nSPS) is 16.3. The molecule has 1 aromatic carbocycles. The Morgan fingerprint density at radius 3 is 1.95 bits per heavy atom. The quantitative estimate of drug-likeness (QED) is 0.0835. The van der Waals surface area contributed by atoms with E-state index in [-0.39, 0.29) is 36.6 Å². The number of hydrogen-bond acceptors (Lipinski definition) is 10. The third-order valence-electron chi connectivity index (χ3n) is 7.89. The Hall–Kier alpha value is -3.34. The van der Waals surface area contributed by atoms with Gasteiger partial charge in [0, 0.05) is 11.8 Å². The fourth-order valence-electron chi connectivity index (χ4n) is 5.16. The molecule has 43 heavy (non-hydrogen) atoms. The molecule has 4 atom stereocenters. The highest BCUT2D eigenvalue weighted by Crippen LogP contribution is 2.38. The maximum atomic E-state index is 12.8. The van der Waals surface area contributed by atoms with Crippen molar-refractivity contribution < 1.29 is 48.0 Å². The minimum Gasteiger partial charge on any atom is -0.480 e. The predicted octanol–water partition coefficient (Wildman–Crippen LogP) is 6.74. The van der Waals surface area contributed by atoms with E-state index in [1.807, 2.05) is 13.8 Å². The second kappa shape index (κ2) is 19.0. The summed E-state index contributed by atoms with van der Waals surface area (Å²) in [5, 5.41) is 9.86. The average Bonchev–Trinajstić information content (AvgIpc) is 2.99. The molecule has 1 saturated carbocycles. The minimum absolute atomic E-state index is 0.109. The van der Waals surface area contributed by atoms with Gasteiger partial charge < -0.3 is 34.5 Å². The van der Waals surface area contributed by atoms with Gasteiger partial charge in [-0.1, -0.05) is 71.8 Å². The lowest BCUT2D eigenvalue weighted by Crippen LogP contribution is -2.43. The number of aliphatic carboxylic acids is 1. The molecule has 0 saturated heterocycles. The van der Waals surface area contributed by atoms with Crippen molar-refractivity contribution >= 4 is 24.2 Å². The van der Waals surface area contributed by atoms with E-state index < -0.39 is 42.3 Å². The van der Waals surface area contributed by atoms with Gasteiger partial charge in [0.15, 0.2) is 11.5 Å². The summed E-state index contributed by atoms with van der Waals surface area (Å²) >= 11 is 0. The summed E-state index contributed by atoms with van der Waals surface area (Å²) in [5.74, 6) is -3.38. The molecule has 1 aromatic rings. The van der Waals surface area contributed by atoms with Crippen molar-refractivity contribution in [2.24, 2.45) is 17.6 Å². The van der Waals surface area contributed by atoms with Gasteiger partial charge in [-0.05, 0) is 50.3 Å². The van der Waals surface area contributed by atoms with Gasteiger partial charge in [0.05, 0.1) is 19.1 Å². The second-order valence-corrected chi connectivity index (χ2v) is 11.2. The number of carbonyl (C=O) groups is 4. The smallest absolute Gasteiger partial charge is 0.480 e. The first kappa shape index (κ1) is 35.9. The number of unbranched alkanes of at least 4 members (excludes halogenated alkanes) is 4. The van der Waals surface area contributed by atoms with E-state index in [9.17, 15) is 24.3 Å². The minimum atomic E-state index is -1.38. The molecule has 0 bridgehead atoms. The molecule has 1 fully saturated rings. The molecular formula is C32H49NO10. The number of carbonyl (C=O) groups excluding carboxylic acids is 3. The Morgan fingerprint density at radius 2 is 1.42 bits per heavy atom. The van der Waals surface area contributed by atoms with Gasteiger partial charge in [-0.15, -0.1) is 0 Å². The molecule has 3 N–H and O–H groups in total. The van der Waals surface area contributed by atoms with Crippen LogP contribution in [0, 0.1) is 11.8 Å². The monoisotopic (exact) mass is 607 g/mol. The molecule has 242 valence electrons.